The number of benzene rings is 2. The summed E-state index contributed by atoms with van der Waals surface area (Å²) in [6.45, 7) is 3.87. The van der Waals surface area contributed by atoms with Gasteiger partial charge in [-0.05, 0) is 42.8 Å². The van der Waals surface area contributed by atoms with Gasteiger partial charge in [-0.25, -0.2) is 0 Å². The summed E-state index contributed by atoms with van der Waals surface area (Å²) >= 11 is 3.62. The summed E-state index contributed by atoms with van der Waals surface area (Å²) in [5.74, 6) is 1.45. The molecule has 0 fully saturated rings. The lowest BCUT2D eigenvalue weighted by atomic mass is 10.2. The van der Waals surface area contributed by atoms with Gasteiger partial charge in [0.1, 0.15) is 6.61 Å². The highest BCUT2D eigenvalue weighted by Gasteiger charge is 2.10. The lowest BCUT2D eigenvalue weighted by Gasteiger charge is -2.14. The molecule has 3 N–H and O–H groups in total. The lowest BCUT2D eigenvalue weighted by molar-refractivity contribution is 0.284. The van der Waals surface area contributed by atoms with Gasteiger partial charge in [0.05, 0.1) is 13.7 Å². The van der Waals surface area contributed by atoms with Gasteiger partial charge in [0, 0.05) is 17.6 Å². The van der Waals surface area contributed by atoms with E-state index in [0.29, 0.717) is 13.2 Å². The Morgan fingerprint density at radius 2 is 1.77 bits per heavy atom. The summed E-state index contributed by atoms with van der Waals surface area (Å²) < 4.78 is 12.4. The second-order valence-corrected chi connectivity index (χ2v) is 6.73. The molecule has 0 unspecified atom stereocenters. The molecular weight excluding hydrogens is 396 g/mol. The third kappa shape index (κ3) is 6.96. The Balaban J connectivity index is 1.87. The van der Waals surface area contributed by atoms with Gasteiger partial charge in [0.2, 0.25) is 0 Å². The highest BCUT2D eigenvalue weighted by atomic mass is 79.9. The molecule has 0 aliphatic rings. The van der Waals surface area contributed by atoms with E-state index in [2.05, 4.69) is 26.6 Å². The van der Waals surface area contributed by atoms with Crippen LogP contribution in [0.15, 0.2) is 46.9 Å². The van der Waals surface area contributed by atoms with E-state index < -0.39 is 0 Å². The van der Waals surface area contributed by atoms with E-state index in [4.69, 9.17) is 14.6 Å². The third-order valence-electron chi connectivity index (χ3n) is 3.88. The maximum Gasteiger partial charge on any atom is 0.162 e. The first-order valence-electron chi connectivity index (χ1n) is 8.80. The summed E-state index contributed by atoms with van der Waals surface area (Å²) in [5.41, 5.74) is 2.24. The van der Waals surface area contributed by atoms with Crippen LogP contribution >= 0.6 is 15.9 Å². The molecule has 0 aliphatic heterocycles. The number of aliphatic hydroxyl groups is 1. The van der Waals surface area contributed by atoms with Crippen molar-refractivity contribution in [2.75, 3.05) is 33.4 Å². The van der Waals surface area contributed by atoms with Gasteiger partial charge >= 0.3 is 0 Å². The van der Waals surface area contributed by atoms with Crippen LogP contribution in [-0.4, -0.2) is 38.5 Å². The minimum absolute atomic E-state index is 0.179. The summed E-state index contributed by atoms with van der Waals surface area (Å²) in [6.07, 6.45) is 1.01. The van der Waals surface area contributed by atoms with Gasteiger partial charge in [-0.1, -0.05) is 46.3 Å². The highest BCUT2D eigenvalue weighted by Crippen LogP contribution is 2.34. The van der Waals surface area contributed by atoms with Crippen LogP contribution in [-0.2, 0) is 13.2 Å². The molecule has 0 aliphatic carbocycles. The maximum atomic E-state index is 8.72. The van der Waals surface area contributed by atoms with Crippen LogP contribution in [0.3, 0.4) is 0 Å². The number of aliphatic hydroxyl groups excluding tert-OH is 1. The molecule has 5 nitrogen and oxygen atoms in total. The molecule has 0 bridgehead atoms. The fourth-order valence-corrected chi connectivity index (χ4v) is 2.95. The molecule has 0 radical (unpaired) electrons. The molecule has 0 heterocycles. The maximum absolute atomic E-state index is 8.72. The Morgan fingerprint density at radius 3 is 2.50 bits per heavy atom. The van der Waals surface area contributed by atoms with Crippen molar-refractivity contribution in [3.8, 4) is 11.5 Å². The Kier molecular flexibility index (Phi) is 9.48. The Hall–Kier alpha value is -1.60. The Bertz CT molecular complexity index is 653. The average molecular weight is 423 g/mol. The topological polar surface area (TPSA) is 62.8 Å². The van der Waals surface area contributed by atoms with Crippen LogP contribution in [0.1, 0.15) is 17.5 Å². The van der Waals surface area contributed by atoms with Crippen LogP contribution in [0, 0.1) is 0 Å². The first kappa shape index (κ1) is 20.7. The standard InChI is InChI=1S/C20H27BrN2O3/c1-25-19-12-17(14-23-9-5-8-22-10-11-24)18(21)13-20(19)26-15-16-6-3-2-4-7-16/h2-4,6-7,12-13,22-24H,5,8-11,14-15H2,1H3. The SMILES string of the molecule is COc1cc(CNCCCNCCO)c(Br)cc1OCc1ccccc1. The zero-order valence-corrected chi connectivity index (χ0v) is 16.7. The van der Waals surface area contributed by atoms with Crippen molar-refractivity contribution in [3.63, 3.8) is 0 Å². The van der Waals surface area contributed by atoms with Gasteiger partial charge in [-0.3, -0.25) is 0 Å². The molecule has 142 valence electrons. The molecule has 0 spiro atoms. The van der Waals surface area contributed by atoms with Gasteiger partial charge in [-0.2, -0.15) is 0 Å². The lowest BCUT2D eigenvalue weighted by Crippen LogP contribution is -2.24. The monoisotopic (exact) mass is 422 g/mol. The van der Waals surface area contributed by atoms with Crippen LogP contribution in [0.25, 0.3) is 0 Å². The normalized spacial score (nSPS) is 10.7. The molecule has 0 saturated heterocycles. The van der Waals surface area contributed by atoms with E-state index in [1.165, 1.54) is 0 Å². The van der Waals surface area contributed by atoms with Crippen molar-refractivity contribution in [1.29, 1.82) is 0 Å². The predicted octanol–water partition coefficient (Wildman–Crippen LogP) is 3.10. The van der Waals surface area contributed by atoms with Crippen LogP contribution in [0.4, 0.5) is 0 Å². The molecule has 2 aromatic rings. The summed E-state index contributed by atoms with van der Waals surface area (Å²) in [5, 5.41) is 15.3. The number of halogens is 1. The van der Waals surface area contributed by atoms with E-state index in [-0.39, 0.29) is 6.61 Å². The van der Waals surface area contributed by atoms with Crippen molar-refractivity contribution < 1.29 is 14.6 Å². The Morgan fingerprint density at radius 1 is 1.00 bits per heavy atom. The number of ether oxygens (including phenoxy) is 2. The quantitative estimate of drug-likeness (QED) is 0.458. The minimum Gasteiger partial charge on any atom is -0.493 e. The zero-order valence-electron chi connectivity index (χ0n) is 15.1. The third-order valence-corrected chi connectivity index (χ3v) is 4.62. The fourth-order valence-electron chi connectivity index (χ4n) is 2.49. The number of methoxy groups -OCH3 is 1. The van der Waals surface area contributed by atoms with Gasteiger partial charge in [-0.15, -0.1) is 0 Å². The van der Waals surface area contributed by atoms with Crippen molar-refractivity contribution in [1.82, 2.24) is 10.6 Å². The molecule has 2 rings (SSSR count). The number of hydrogen-bond donors (Lipinski definition) is 3. The molecule has 6 heteroatoms. The number of rotatable bonds is 12. The Labute approximate surface area is 163 Å². The van der Waals surface area contributed by atoms with Gasteiger partial charge in [0.25, 0.3) is 0 Å². The van der Waals surface area contributed by atoms with E-state index in [0.717, 1.165) is 53.2 Å². The van der Waals surface area contributed by atoms with Crippen molar-refractivity contribution in [2.45, 2.75) is 19.6 Å². The molecule has 26 heavy (non-hydrogen) atoms. The summed E-state index contributed by atoms with van der Waals surface area (Å²) in [4.78, 5) is 0. The van der Waals surface area contributed by atoms with E-state index in [1.54, 1.807) is 7.11 Å². The zero-order chi connectivity index (χ0) is 18.6. The van der Waals surface area contributed by atoms with E-state index in [1.807, 2.05) is 42.5 Å². The largest absolute Gasteiger partial charge is 0.493 e. The van der Waals surface area contributed by atoms with Crippen molar-refractivity contribution >= 4 is 15.9 Å². The van der Waals surface area contributed by atoms with E-state index in [9.17, 15) is 0 Å². The molecule has 0 saturated carbocycles. The first-order valence-corrected chi connectivity index (χ1v) is 9.59. The summed E-state index contributed by atoms with van der Waals surface area (Å²) in [7, 11) is 1.66. The number of nitrogens with one attached hydrogen (secondary N) is 2. The van der Waals surface area contributed by atoms with Crippen molar-refractivity contribution in [3.05, 3.63) is 58.1 Å². The molecule has 0 atom stereocenters. The first-order chi connectivity index (χ1) is 12.7. The van der Waals surface area contributed by atoms with Crippen LogP contribution in [0.5, 0.6) is 11.5 Å². The second-order valence-electron chi connectivity index (χ2n) is 5.87. The van der Waals surface area contributed by atoms with Crippen LogP contribution < -0.4 is 20.1 Å². The summed E-state index contributed by atoms with van der Waals surface area (Å²) in [6, 6.07) is 14.0. The molecule has 0 amide bonds. The average Bonchev–Trinajstić information content (AvgIpc) is 2.67. The minimum atomic E-state index is 0.179. The predicted molar refractivity (Wildman–Crippen MR) is 108 cm³/mol. The second kappa shape index (κ2) is 11.9. The molecule has 0 aromatic heterocycles. The van der Waals surface area contributed by atoms with E-state index >= 15 is 0 Å². The smallest absolute Gasteiger partial charge is 0.162 e. The highest BCUT2D eigenvalue weighted by molar-refractivity contribution is 9.10. The molecule has 2 aromatic carbocycles. The molecular formula is C20H27BrN2O3. The number of hydrogen-bond acceptors (Lipinski definition) is 5. The van der Waals surface area contributed by atoms with Crippen LogP contribution in [0.2, 0.25) is 0 Å². The fraction of sp³-hybridized carbons (Fsp3) is 0.400. The van der Waals surface area contributed by atoms with Gasteiger partial charge < -0.3 is 25.2 Å². The van der Waals surface area contributed by atoms with Gasteiger partial charge in [0.15, 0.2) is 11.5 Å². The van der Waals surface area contributed by atoms with Crippen molar-refractivity contribution in [2.24, 2.45) is 0 Å².